The van der Waals surface area contributed by atoms with Crippen molar-refractivity contribution in [2.75, 3.05) is 34.3 Å². The number of methoxy groups -OCH3 is 1. The van der Waals surface area contributed by atoms with Gasteiger partial charge in [-0.15, -0.1) is 0 Å². The van der Waals surface area contributed by atoms with Crippen molar-refractivity contribution in [2.24, 2.45) is 0 Å². The molecule has 0 saturated carbocycles. The number of amides is 1. The number of carbonyl (C=O) groups excluding carboxylic acids is 1. The summed E-state index contributed by atoms with van der Waals surface area (Å²) in [4.78, 5) is 16.6. The van der Waals surface area contributed by atoms with Crippen LogP contribution in [0.25, 0.3) is 0 Å². The standard InChI is InChI=1S/C18H25N3O2/c1-11(2)15-14(23-6)9-12(3)16-17(15)13(10-19)21(18(16)22)8-7-20(4)5/h9,11,13H,7-8H2,1-6H3. The molecule has 0 aromatic heterocycles. The summed E-state index contributed by atoms with van der Waals surface area (Å²) in [5.74, 6) is 0.894. The van der Waals surface area contributed by atoms with Crippen molar-refractivity contribution in [2.45, 2.75) is 32.7 Å². The molecule has 5 heteroatoms. The van der Waals surface area contributed by atoms with Gasteiger partial charge in [0.2, 0.25) is 0 Å². The first-order chi connectivity index (χ1) is 10.8. The molecule has 1 heterocycles. The number of benzene rings is 1. The van der Waals surface area contributed by atoms with Crippen molar-refractivity contribution < 1.29 is 9.53 Å². The normalized spacial score (nSPS) is 16.9. The number of nitriles is 1. The van der Waals surface area contributed by atoms with Crippen LogP contribution in [0.4, 0.5) is 0 Å². The van der Waals surface area contributed by atoms with Gasteiger partial charge in [0.15, 0.2) is 0 Å². The molecule has 1 aliphatic rings. The van der Waals surface area contributed by atoms with Gasteiger partial charge < -0.3 is 14.5 Å². The highest BCUT2D eigenvalue weighted by Gasteiger charge is 2.41. The summed E-state index contributed by atoms with van der Waals surface area (Å²) < 4.78 is 5.53. The molecule has 124 valence electrons. The molecule has 0 N–H and O–H groups in total. The number of hydrogen-bond donors (Lipinski definition) is 0. The quantitative estimate of drug-likeness (QED) is 0.838. The summed E-state index contributed by atoms with van der Waals surface area (Å²) in [6, 6.07) is 3.70. The van der Waals surface area contributed by atoms with Crippen LogP contribution in [0.15, 0.2) is 6.07 Å². The van der Waals surface area contributed by atoms with Crippen molar-refractivity contribution in [1.82, 2.24) is 9.80 Å². The summed E-state index contributed by atoms with van der Waals surface area (Å²) in [7, 11) is 5.56. The molecule has 1 aromatic carbocycles. The lowest BCUT2D eigenvalue weighted by Crippen LogP contribution is -2.34. The zero-order chi connectivity index (χ0) is 17.3. The summed E-state index contributed by atoms with van der Waals surface area (Å²) in [6.45, 7) is 7.31. The van der Waals surface area contributed by atoms with E-state index in [-0.39, 0.29) is 11.8 Å². The number of aryl methyl sites for hydroxylation is 1. The van der Waals surface area contributed by atoms with E-state index >= 15 is 0 Å². The third-order valence-electron chi connectivity index (χ3n) is 4.33. The van der Waals surface area contributed by atoms with E-state index < -0.39 is 6.04 Å². The molecule has 1 aliphatic heterocycles. The number of carbonyl (C=O) groups is 1. The van der Waals surface area contributed by atoms with E-state index in [1.165, 1.54) is 0 Å². The molecule has 1 aromatic rings. The molecule has 1 amide bonds. The summed E-state index contributed by atoms with van der Waals surface area (Å²) in [6.07, 6.45) is 0. The second-order valence-electron chi connectivity index (χ2n) is 6.59. The van der Waals surface area contributed by atoms with E-state index in [9.17, 15) is 10.1 Å². The lowest BCUT2D eigenvalue weighted by atomic mass is 9.88. The van der Waals surface area contributed by atoms with Crippen LogP contribution in [-0.4, -0.2) is 50.0 Å². The Bertz CT molecular complexity index is 659. The first kappa shape index (κ1) is 17.3. The van der Waals surface area contributed by atoms with E-state index in [2.05, 4.69) is 19.9 Å². The number of likely N-dealkylation sites (N-methyl/N-ethyl adjacent to an activating group) is 1. The highest BCUT2D eigenvalue weighted by Crippen LogP contribution is 2.44. The van der Waals surface area contributed by atoms with Crippen molar-refractivity contribution in [1.29, 1.82) is 5.26 Å². The molecule has 0 fully saturated rings. The molecule has 0 radical (unpaired) electrons. The van der Waals surface area contributed by atoms with Gasteiger partial charge in [0.05, 0.1) is 13.2 Å². The second kappa shape index (κ2) is 6.59. The number of rotatable bonds is 5. The van der Waals surface area contributed by atoms with Gasteiger partial charge in [0.1, 0.15) is 11.8 Å². The molecular formula is C18H25N3O2. The van der Waals surface area contributed by atoms with Crippen molar-refractivity contribution in [3.63, 3.8) is 0 Å². The van der Waals surface area contributed by atoms with Gasteiger partial charge in [0.25, 0.3) is 5.91 Å². The van der Waals surface area contributed by atoms with Crippen LogP contribution in [0.3, 0.4) is 0 Å². The minimum absolute atomic E-state index is 0.0459. The first-order valence-corrected chi connectivity index (χ1v) is 7.90. The maximum atomic E-state index is 12.9. The lowest BCUT2D eigenvalue weighted by molar-refractivity contribution is 0.0745. The Kier molecular flexibility index (Phi) is 4.96. The third kappa shape index (κ3) is 2.91. The summed E-state index contributed by atoms with van der Waals surface area (Å²) >= 11 is 0. The fourth-order valence-electron chi connectivity index (χ4n) is 3.25. The SMILES string of the molecule is COc1cc(C)c2c(c1C(C)C)C(C#N)N(CCN(C)C)C2=O. The molecule has 5 nitrogen and oxygen atoms in total. The number of ether oxygens (including phenoxy) is 1. The number of fused-ring (bicyclic) bond motifs is 1. The predicted octanol–water partition coefficient (Wildman–Crippen LogP) is 2.71. The molecule has 0 bridgehead atoms. The summed E-state index contributed by atoms with van der Waals surface area (Å²) in [5.41, 5.74) is 3.36. The van der Waals surface area contributed by atoms with E-state index in [1.54, 1.807) is 12.0 Å². The molecule has 0 spiro atoms. The van der Waals surface area contributed by atoms with Crippen molar-refractivity contribution >= 4 is 5.91 Å². The Hall–Kier alpha value is -2.06. The van der Waals surface area contributed by atoms with Gasteiger partial charge in [-0.05, 0) is 38.6 Å². The van der Waals surface area contributed by atoms with Crippen LogP contribution in [0, 0.1) is 18.3 Å². The number of nitrogens with zero attached hydrogens (tertiary/aromatic N) is 3. The van der Waals surface area contributed by atoms with Crippen molar-refractivity contribution in [3.05, 3.63) is 28.3 Å². The average Bonchev–Trinajstić information content (AvgIpc) is 2.76. The first-order valence-electron chi connectivity index (χ1n) is 7.90. The maximum absolute atomic E-state index is 12.9. The smallest absolute Gasteiger partial charge is 0.255 e. The Balaban J connectivity index is 2.62. The Morgan fingerprint density at radius 1 is 1.43 bits per heavy atom. The van der Waals surface area contributed by atoms with Crippen LogP contribution in [0.1, 0.15) is 52.9 Å². The van der Waals surface area contributed by atoms with Gasteiger partial charge >= 0.3 is 0 Å². The average molecular weight is 315 g/mol. The third-order valence-corrected chi connectivity index (χ3v) is 4.33. The Labute approximate surface area is 138 Å². The Morgan fingerprint density at radius 2 is 2.09 bits per heavy atom. The van der Waals surface area contributed by atoms with Gasteiger partial charge in [0, 0.05) is 29.8 Å². The zero-order valence-electron chi connectivity index (χ0n) is 14.8. The van der Waals surface area contributed by atoms with Gasteiger partial charge in [-0.1, -0.05) is 13.8 Å². The van der Waals surface area contributed by atoms with Gasteiger partial charge in [-0.2, -0.15) is 5.26 Å². The van der Waals surface area contributed by atoms with Crippen LogP contribution in [0.5, 0.6) is 5.75 Å². The van der Waals surface area contributed by atoms with Crippen LogP contribution >= 0.6 is 0 Å². The maximum Gasteiger partial charge on any atom is 0.255 e. The minimum atomic E-state index is -0.538. The zero-order valence-corrected chi connectivity index (χ0v) is 14.8. The second-order valence-corrected chi connectivity index (χ2v) is 6.59. The molecule has 2 rings (SSSR count). The predicted molar refractivity (Wildman–Crippen MR) is 89.8 cm³/mol. The molecule has 1 atom stereocenters. The van der Waals surface area contributed by atoms with Crippen LogP contribution in [-0.2, 0) is 0 Å². The molecule has 0 aliphatic carbocycles. The fourth-order valence-corrected chi connectivity index (χ4v) is 3.25. The van der Waals surface area contributed by atoms with Gasteiger partial charge in [-0.3, -0.25) is 4.79 Å². The molecule has 23 heavy (non-hydrogen) atoms. The Morgan fingerprint density at radius 3 is 2.57 bits per heavy atom. The largest absolute Gasteiger partial charge is 0.496 e. The molecular weight excluding hydrogens is 290 g/mol. The monoisotopic (exact) mass is 315 g/mol. The van der Waals surface area contributed by atoms with E-state index in [4.69, 9.17) is 4.74 Å². The highest BCUT2D eigenvalue weighted by molar-refractivity contribution is 6.02. The lowest BCUT2D eigenvalue weighted by Gasteiger charge is -2.23. The summed E-state index contributed by atoms with van der Waals surface area (Å²) in [5, 5.41) is 9.73. The van der Waals surface area contributed by atoms with E-state index in [0.717, 1.165) is 29.0 Å². The highest BCUT2D eigenvalue weighted by atomic mass is 16.5. The van der Waals surface area contributed by atoms with Crippen LogP contribution in [0.2, 0.25) is 0 Å². The van der Waals surface area contributed by atoms with E-state index in [0.29, 0.717) is 12.1 Å². The van der Waals surface area contributed by atoms with Crippen LogP contribution < -0.4 is 4.74 Å². The fraction of sp³-hybridized carbons (Fsp3) is 0.556. The molecule has 0 saturated heterocycles. The van der Waals surface area contributed by atoms with Gasteiger partial charge in [-0.25, -0.2) is 0 Å². The molecule has 1 unspecified atom stereocenters. The van der Waals surface area contributed by atoms with E-state index in [1.807, 2.05) is 32.0 Å². The topological polar surface area (TPSA) is 56.6 Å². The number of hydrogen-bond acceptors (Lipinski definition) is 4. The minimum Gasteiger partial charge on any atom is -0.496 e. The van der Waals surface area contributed by atoms with Crippen molar-refractivity contribution in [3.8, 4) is 11.8 Å².